The average molecular weight is 434 g/mol. The van der Waals surface area contributed by atoms with Crippen LogP contribution >= 0.6 is 11.3 Å². The predicted molar refractivity (Wildman–Crippen MR) is 125 cm³/mol. The number of fused-ring (bicyclic) bond motifs is 1. The van der Waals surface area contributed by atoms with Crippen molar-refractivity contribution in [3.05, 3.63) is 75.7 Å². The van der Waals surface area contributed by atoms with Crippen LogP contribution in [0.1, 0.15) is 24.1 Å². The highest BCUT2D eigenvalue weighted by molar-refractivity contribution is 7.17. The van der Waals surface area contributed by atoms with Gasteiger partial charge in [-0.05, 0) is 50.1 Å². The van der Waals surface area contributed by atoms with Gasteiger partial charge in [-0.1, -0.05) is 29.8 Å². The number of nitrogens with one attached hydrogen (secondary N) is 1. The quantitative estimate of drug-likeness (QED) is 0.483. The van der Waals surface area contributed by atoms with E-state index in [0.29, 0.717) is 10.2 Å². The Bertz CT molecular complexity index is 1320. The molecule has 7 heteroatoms. The SMILES string of the molecule is COc1ccc(-c2csc3ncn([C@@H](C)C(=O)Nc4ccc(C)cc4C)c(=O)c23)cc1. The van der Waals surface area contributed by atoms with Crippen molar-refractivity contribution < 1.29 is 9.53 Å². The van der Waals surface area contributed by atoms with E-state index in [-0.39, 0.29) is 11.5 Å². The van der Waals surface area contributed by atoms with Crippen LogP contribution in [0.5, 0.6) is 5.75 Å². The molecule has 0 saturated carbocycles. The molecule has 158 valence electrons. The summed E-state index contributed by atoms with van der Waals surface area (Å²) in [4.78, 5) is 31.3. The molecule has 0 unspecified atom stereocenters. The van der Waals surface area contributed by atoms with E-state index in [1.54, 1.807) is 14.0 Å². The van der Waals surface area contributed by atoms with Gasteiger partial charge < -0.3 is 10.1 Å². The standard InChI is InChI=1S/C24H23N3O3S/c1-14-5-10-20(15(2)11-14)26-22(28)16(3)27-13-25-23-21(24(27)29)19(12-31-23)17-6-8-18(30-4)9-7-17/h5-13,16H,1-4H3,(H,26,28)/t16-/m0/s1. The Morgan fingerprint density at radius 2 is 1.90 bits per heavy atom. The lowest BCUT2D eigenvalue weighted by atomic mass is 10.1. The lowest BCUT2D eigenvalue weighted by Crippen LogP contribution is -2.31. The van der Waals surface area contributed by atoms with Gasteiger partial charge in [0, 0.05) is 16.6 Å². The van der Waals surface area contributed by atoms with Crippen molar-refractivity contribution in [2.75, 3.05) is 12.4 Å². The van der Waals surface area contributed by atoms with Crippen LogP contribution in [0.3, 0.4) is 0 Å². The summed E-state index contributed by atoms with van der Waals surface area (Å²) in [7, 11) is 1.61. The van der Waals surface area contributed by atoms with Gasteiger partial charge in [-0.2, -0.15) is 0 Å². The molecule has 0 aliphatic rings. The molecule has 0 spiro atoms. The Balaban J connectivity index is 1.69. The first-order valence-corrected chi connectivity index (χ1v) is 10.8. The van der Waals surface area contributed by atoms with E-state index in [1.165, 1.54) is 22.2 Å². The number of aromatic nitrogens is 2. The van der Waals surface area contributed by atoms with Crippen LogP contribution in [-0.2, 0) is 4.79 Å². The Morgan fingerprint density at radius 1 is 1.16 bits per heavy atom. The second-order valence-corrected chi connectivity index (χ2v) is 8.36. The minimum atomic E-state index is -0.714. The van der Waals surface area contributed by atoms with Gasteiger partial charge in [0.25, 0.3) is 5.56 Å². The minimum Gasteiger partial charge on any atom is -0.497 e. The maximum absolute atomic E-state index is 13.3. The number of hydrogen-bond donors (Lipinski definition) is 1. The fourth-order valence-electron chi connectivity index (χ4n) is 3.52. The maximum atomic E-state index is 13.3. The summed E-state index contributed by atoms with van der Waals surface area (Å²) in [6.45, 7) is 5.65. The number of carbonyl (C=O) groups is 1. The first-order valence-electron chi connectivity index (χ1n) is 9.90. The average Bonchev–Trinajstić information content (AvgIpc) is 3.20. The molecule has 0 fully saturated rings. The van der Waals surface area contributed by atoms with Gasteiger partial charge >= 0.3 is 0 Å². The molecule has 1 atom stereocenters. The summed E-state index contributed by atoms with van der Waals surface area (Å²) in [5.41, 5.74) is 4.30. The second-order valence-electron chi connectivity index (χ2n) is 7.50. The van der Waals surface area contributed by atoms with E-state index >= 15 is 0 Å². The topological polar surface area (TPSA) is 73.2 Å². The summed E-state index contributed by atoms with van der Waals surface area (Å²) >= 11 is 1.41. The Hall–Kier alpha value is -3.45. The third-order valence-corrected chi connectivity index (χ3v) is 6.24. The van der Waals surface area contributed by atoms with Gasteiger partial charge in [-0.3, -0.25) is 14.2 Å². The highest BCUT2D eigenvalue weighted by atomic mass is 32.1. The summed E-state index contributed by atoms with van der Waals surface area (Å²) in [5.74, 6) is 0.479. The zero-order valence-corrected chi connectivity index (χ0v) is 18.6. The number of amides is 1. The first kappa shape index (κ1) is 20.8. The smallest absolute Gasteiger partial charge is 0.263 e. The van der Waals surface area contributed by atoms with E-state index < -0.39 is 6.04 Å². The third-order valence-electron chi connectivity index (χ3n) is 5.36. The zero-order chi connectivity index (χ0) is 22.1. The molecule has 2 heterocycles. The van der Waals surface area contributed by atoms with Gasteiger partial charge in [0.15, 0.2) is 0 Å². The molecule has 6 nitrogen and oxygen atoms in total. The molecule has 1 N–H and O–H groups in total. The number of nitrogens with zero attached hydrogens (tertiary/aromatic N) is 2. The van der Waals surface area contributed by atoms with E-state index in [2.05, 4.69) is 10.3 Å². The monoisotopic (exact) mass is 433 g/mol. The van der Waals surface area contributed by atoms with Gasteiger partial charge in [0.1, 0.15) is 16.6 Å². The van der Waals surface area contributed by atoms with Gasteiger partial charge in [-0.25, -0.2) is 4.98 Å². The van der Waals surface area contributed by atoms with Gasteiger partial charge in [0.2, 0.25) is 5.91 Å². The minimum absolute atomic E-state index is 0.236. The van der Waals surface area contributed by atoms with Gasteiger partial charge in [0.05, 0.1) is 18.8 Å². The Kier molecular flexibility index (Phi) is 5.61. The lowest BCUT2D eigenvalue weighted by molar-refractivity contribution is -0.118. The van der Waals surface area contributed by atoms with Crippen LogP contribution in [0.15, 0.2) is 59.0 Å². The zero-order valence-electron chi connectivity index (χ0n) is 17.8. The summed E-state index contributed by atoms with van der Waals surface area (Å²) in [6, 6.07) is 12.6. The largest absolute Gasteiger partial charge is 0.497 e. The molecule has 0 aliphatic carbocycles. The van der Waals surface area contributed by atoms with E-state index in [0.717, 1.165) is 33.7 Å². The van der Waals surface area contributed by atoms with Crippen molar-refractivity contribution >= 4 is 33.1 Å². The van der Waals surface area contributed by atoms with Crippen molar-refractivity contribution in [1.82, 2.24) is 9.55 Å². The van der Waals surface area contributed by atoms with Crippen LogP contribution in [0, 0.1) is 13.8 Å². The van der Waals surface area contributed by atoms with E-state index in [4.69, 9.17) is 4.74 Å². The number of ether oxygens (including phenoxy) is 1. The molecule has 0 aliphatic heterocycles. The number of rotatable bonds is 5. The van der Waals surface area contributed by atoms with Crippen molar-refractivity contribution in [2.24, 2.45) is 0 Å². The van der Waals surface area contributed by atoms with Crippen LogP contribution in [0.2, 0.25) is 0 Å². The third kappa shape index (κ3) is 3.96. The van der Waals surface area contributed by atoms with Crippen molar-refractivity contribution in [3.8, 4) is 16.9 Å². The number of carbonyl (C=O) groups excluding carboxylic acids is 1. The van der Waals surface area contributed by atoms with Crippen molar-refractivity contribution in [3.63, 3.8) is 0 Å². The fourth-order valence-corrected chi connectivity index (χ4v) is 4.43. The van der Waals surface area contributed by atoms with Crippen LogP contribution in [-0.4, -0.2) is 22.6 Å². The van der Waals surface area contributed by atoms with Crippen LogP contribution in [0.4, 0.5) is 5.69 Å². The number of methoxy groups -OCH3 is 1. The predicted octanol–water partition coefficient (Wildman–Crippen LogP) is 4.95. The Labute approximate surface area is 184 Å². The molecule has 0 radical (unpaired) electrons. The van der Waals surface area contributed by atoms with Crippen LogP contribution in [0.25, 0.3) is 21.3 Å². The number of thiophene rings is 1. The molecule has 31 heavy (non-hydrogen) atoms. The second kappa shape index (κ2) is 8.35. The molecular formula is C24H23N3O3S. The maximum Gasteiger partial charge on any atom is 0.263 e. The van der Waals surface area contributed by atoms with Crippen molar-refractivity contribution in [1.29, 1.82) is 0 Å². The first-order chi connectivity index (χ1) is 14.9. The molecule has 0 saturated heterocycles. The molecular weight excluding hydrogens is 410 g/mol. The number of aryl methyl sites for hydroxylation is 2. The molecule has 2 aromatic carbocycles. The number of hydrogen-bond acceptors (Lipinski definition) is 5. The molecule has 1 amide bonds. The fraction of sp³-hybridized carbons (Fsp3) is 0.208. The molecule has 2 aromatic heterocycles. The summed E-state index contributed by atoms with van der Waals surface area (Å²) < 4.78 is 6.61. The molecule has 4 aromatic rings. The number of anilines is 1. The van der Waals surface area contributed by atoms with Gasteiger partial charge in [-0.15, -0.1) is 11.3 Å². The highest BCUT2D eigenvalue weighted by Crippen LogP contribution is 2.32. The molecule has 4 rings (SSSR count). The molecule has 0 bridgehead atoms. The Morgan fingerprint density at radius 3 is 2.58 bits per heavy atom. The van der Waals surface area contributed by atoms with Crippen molar-refractivity contribution in [2.45, 2.75) is 26.8 Å². The highest BCUT2D eigenvalue weighted by Gasteiger charge is 2.21. The van der Waals surface area contributed by atoms with E-state index in [9.17, 15) is 9.59 Å². The lowest BCUT2D eigenvalue weighted by Gasteiger charge is -2.16. The van der Waals surface area contributed by atoms with Crippen LogP contribution < -0.4 is 15.6 Å². The summed E-state index contributed by atoms with van der Waals surface area (Å²) in [5, 5.41) is 5.37. The number of benzene rings is 2. The normalized spacial score (nSPS) is 12.0. The summed E-state index contributed by atoms with van der Waals surface area (Å²) in [6.07, 6.45) is 1.45. The van der Waals surface area contributed by atoms with E-state index in [1.807, 2.05) is 61.7 Å².